The van der Waals surface area contributed by atoms with Crippen LogP contribution in [0.1, 0.15) is 13.8 Å². The summed E-state index contributed by atoms with van der Waals surface area (Å²) in [7, 11) is 2.35. The Bertz CT molecular complexity index is 133. The van der Waals surface area contributed by atoms with Gasteiger partial charge in [-0.1, -0.05) is 19.0 Å². The van der Waals surface area contributed by atoms with Crippen LogP contribution in [0.15, 0.2) is 17.4 Å². The molecule has 0 aliphatic carbocycles. The number of nitrogens with one attached hydrogen (secondary N) is 1. The molecular weight excluding hydrogens is 435 g/mol. The van der Waals surface area contributed by atoms with E-state index in [1.165, 1.54) is 6.08 Å². The zero-order valence-electron chi connectivity index (χ0n) is 7.83. The van der Waals surface area contributed by atoms with Crippen molar-refractivity contribution in [2.45, 2.75) is 13.8 Å². The van der Waals surface area contributed by atoms with Crippen LogP contribution in [0.25, 0.3) is 0 Å². The maximum atomic E-state index is 7.95. The molecule has 4 N–H and O–H groups in total. The zero-order valence-corrected chi connectivity index (χ0v) is 13.5. The standard InChI is InChI=1S/C4H9N3O.C2H6.2HI.V/c1-6-3-2-4(5)7-8;1-2;;;/h2-3,6,8H,1H3,(H2,5,7);1-2H3;2*1H;/q;;;;+2/p-2/b3-2-;;;;. The molecule has 0 aromatic heterocycles. The van der Waals surface area contributed by atoms with Crippen molar-refractivity contribution in [3.63, 3.8) is 0 Å². The number of hydrogen-bond acceptors (Lipinski definition) is 3. The van der Waals surface area contributed by atoms with Gasteiger partial charge < -0.3 is 16.3 Å². The van der Waals surface area contributed by atoms with Crippen LogP contribution in [-0.4, -0.2) is 18.1 Å². The Morgan fingerprint density at radius 2 is 1.92 bits per heavy atom. The second-order valence-electron chi connectivity index (χ2n) is 1.21. The van der Waals surface area contributed by atoms with Gasteiger partial charge in [-0.25, -0.2) is 0 Å². The van der Waals surface area contributed by atoms with Crippen LogP contribution in [0.3, 0.4) is 0 Å². The van der Waals surface area contributed by atoms with Gasteiger partial charge in [0.15, 0.2) is 5.84 Å². The molecule has 0 radical (unpaired) electrons. The monoisotopic (exact) mass is 450 g/mol. The van der Waals surface area contributed by atoms with Crippen LogP contribution in [0, 0.1) is 0 Å². The minimum atomic E-state index is 0.0827. The fourth-order valence-electron chi connectivity index (χ4n) is 0.202. The van der Waals surface area contributed by atoms with Crippen molar-refractivity contribution in [1.29, 1.82) is 0 Å². The van der Waals surface area contributed by atoms with Crippen LogP contribution in [0.4, 0.5) is 0 Å². The first kappa shape index (κ1) is 19.4. The van der Waals surface area contributed by atoms with Crippen molar-refractivity contribution in [1.82, 2.24) is 5.32 Å². The Morgan fingerprint density at radius 1 is 1.54 bits per heavy atom. The Labute approximate surface area is 109 Å². The molecule has 0 saturated carbocycles. The van der Waals surface area contributed by atoms with Gasteiger partial charge in [0.1, 0.15) is 0 Å². The van der Waals surface area contributed by atoms with E-state index in [0.29, 0.717) is 9.47 Å². The molecule has 0 fully saturated rings. The Balaban J connectivity index is -0.000000169. The normalized spacial score (nSPS) is 9.15. The van der Waals surface area contributed by atoms with Crippen LogP contribution in [-0.2, 0) is 9.47 Å². The third kappa shape index (κ3) is 32.2. The summed E-state index contributed by atoms with van der Waals surface area (Å²) in [5.74, 6) is 0.0827. The molecule has 0 heterocycles. The second-order valence-corrected chi connectivity index (χ2v) is 13.0. The molecular formula is C6H15I2N3OV. The van der Waals surface area contributed by atoms with Crippen LogP contribution in [0.2, 0.25) is 0 Å². The zero-order chi connectivity index (χ0) is 11.1. The summed E-state index contributed by atoms with van der Waals surface area (Å²) in [6.45, 7) is 4.00. The summed E-state index contributed by atoms with van der Waals surface area (Å²) in [6.07, 6.45) is 3.01. The number of rotatable bonds is 2. The number of oxime groups is 1. The fraction of sp³-hybridized carbons (Fsp3) is 0.500. The van der Waals surface area contributed by atoms with Crippen molar-refractivity contribution >= 4 is 45.8 Å². The average Bonchev–Trinajstić information content (AvgIpc) is 2.18. The van der Waals surface area contributed by atoms with Crippen molar-refractivity contribution < 1.29 is 14.7 Å². The molecule has 0 atom stereocenters. The molecule has 0 spiro atoms. The number of hydrogen-bond donors (Lipinski definition) is 3. The van der Waals surface area contributed by atoms with E-state index in [0.717, 1.165) is 0 Å². The molecule has 0 aromatic rings. The van der Waals surface area contributed by atoms with Crippen molar-refractivity contribution in [3.05, 3.63) is 12.3 Å². The SMILES string of the molecule is CC.CN/C=C\C(N)=NO.[I][V][I]. The summed E-state index contributed by atoms with van der Waals surface area (Å²) in [5, 5.41) is 13.3. The number of halogens is 2. The van der Waals surface area contributed by atoms with Gasteiger partial charge in [-0.05, 0) is 12.3 Å². The number of nitrogens with zero attached hydrogens (tertiary/aromatic N) is 1. The third-order valence-corrected chi connectivity index (χ3v) is 0.536. The first-order chi connectivity index (χ1) is 6.22. The van der Waals surface area contributed by atoms with Gasteiger partial charge in [-0.3, -0.25) is 0 Å². The minimum absolute atomic E-state index is 0.0827. The molecule has 13 heavy (non-hydrogen) atoms. The Hall–Kier alpha value is 0.854. The van der Waals surface area contributed by atoms with E-state index in [1.807, 2.05) is 13.8 Å². The van der Waals surface area contributed by atoms with Crippen LogP contribution < -0.4 is 11.1 Å². The second kappa shape index (κ2) is 23.0. The van der Waals surface area contributed by atoms with Gasteiger partial charge in [-0.15, -0.1) is 0 Å². The van der Waals surface area contributed by atoms with E-state index in [4.69, 9.17) is 10.9 Å². The van der Waals surface area contributed by atoms with Gasteiger partial charge in [0.25, 0.3) is 0 Å². The molecule has 0 aromatic carbocycles. The Morgan fingerprint density at radius 3 is 2.15 bits per heavy atom. The van der Waals surface area contributed by atoms with E-state index in [1.54, 1.807) is 13.2 Å². The predicted molar refractivity (Wildman–Crippen MR) is 71.0 cm³/mol. The quantitative estimate of drug-likeness (QED) is 0.199. The van der Waals surface area contributed by atoms with Crippen molar-refractivity contribution in [2.24, 2.45) is 10.9 Å². The predicted octanol–water partition coefficient (Wildman–Crippen LogP) is 2.26. The number of nitrogens with two attached hydrogens (primary N) is 1. The summed E-state index contributed by atoms with van der Waals surface area (Å²) < 4.78 is 0. The Kier molecular flexibility index (Phi) is 34.4. The van der Waals surface area contributed by atoms with Gasteiger partial charge in [-0.2, -0.15) is 0 Å². The fourth-order valence-corrected chi connectivity index (χ4v) is 0.202. The van der Waals surface area contributed by atoms with Crippen LogP contribution >= 0.6 is 40.0 Å². The van der Waals surface area contributed by atoms with E-state index in [9.17, 15) is 0 Å². The molecule has 4 nitrogen and oxygen atoms in total. The summed E-state index contributed by atoms with van der Waals surface area (Å²) in [4.78, 5) is 0. The first-order valence-electron chi connectivity index (χ1n) is 3.46. The van der Waals surface area contributed by atoms with E-state index in [2.05, 4.69) is 50.4 Å². The molecule has 0 aliphatic rings. The number of amidine groups is 1. The molecule has 0 rings (SSSR count). The molecule has 0 saturated heterocycles. The molecule has 0 bridgehead atoms. The third-order valence-electron chi connectivity index (χ3n) is 0.536. The summed E-state index contributed by atoms with van der Waals surface area (Å²) >= 11 is 4.74. The summed E-state index contributed by atoms with van der Waals surface area (Å²) in [6, 6.07) is 0. The maximum absolute atomic E-state index is 7.95. The molecule has 79 valence electrons. The topological polar surface area (TPSA) is 70.6 Å². The van der Waals surface area contributed by atoms with Gasteiger partial charge >= 0.3 is 49.4 Å². The van der Waals surface area contributed by atoms with E-state index < -0.39 is 0 Å². The van der Waals surface area contributed by atoms with E-state index in [-0.39, 0.29) is 5.84 Å². The molecule has 0 unspecified atom stereocenters. The van der Waals surface area contributed by atoms with Gasteiger partial charge in [0.05, 0.1) is 0 Å². The van der Waals surface area contributed by atoms with Gasteiger partial charge in [0, 0.05) is 7.05 Å². The van der Waals surface area contributed by atoms with E-state index >= 15 is 0 Å². The average molecular weight is 450 g/mol. The van der Waals surface area contributed by atoms with Crippen molar-refractivity contribution in [2.75, 3.05) is 7.05 Å². The summed E-state index contributed by atoms with van der Waals surface area (Å²) in [5.41, 5.74) is 5.03. The van der Waals surface area contributed by atoms with Gasteiger partial charge in [0.2, 0.25) is 0 Å². The first-order valence-corrected chi connectivity index (χ1v) is 12.5. The molecule has 0 amide bonds. The van der Waals surface area contributed by atoms with Crippen LogP contribution in [0.5, 0.6) is 0 Å². The molecule has 0 aliphatic heterocycles. The molecule has 7 heteroatoms. The van der Waals surface area contributed by atoms with Crippen molar-refractivity contribution in [3.8, 4) is 0 Å².